The molecule has 1 aromatic heterocycles. The van der Waals surface area contributed by atoms with Gasteiger partial charge in [-0.1, -0.05) is 0 Å². The molecule has 11 heteroatoms. The number of carbonyl (C=O) groups excluding carboxylic acids is 3. The predicted molar refractivity (Wildman–Crippen MR) is 130 cm³/mol. The lowest BCUT2D eigenvalue weighted by atomic mass is 9.77. The quantitative estimate of drug-likeness (QED) is 0.355. The summed E-state index contributed by atoms with van der Waals surface area (Å²) in [5, 5.41) is 15.0. The molecule has 2 unspecified atom stereocenters. The number of nitrogens with one attached hydrogen (secondary N) is 1. The zero-order valence-corrected chi connectivity index (χ0v) is 20.9. The molecule has 3 aliphatic heterocycles. The first-order valence-electron chi connectivity index (χ1n) is 12.5. The molecule has 3 aliphatic rings. The van der Waals surface area contributed by atoms with Crippen molar-refractivity contribution in [2.24, 2.45) is 10.9 Å². The average Bonchev–Trinajstić information content (AvgIpc) is 3.29. The van der Waals surface area contributed by atoms with Crippen molar-refractivity contribution >= 4 is 23.8 Å². The van der Waals surface area contributed by atoms with Crippen molar-refractivity contribution in [2.45, 2.75) is 45.6 Å². The number of hydrogen-bond donors (Lipinski definition) is 1. The Labute approximate surface area is 210 Å². The number of carbonyl (C=O) groups is 3. The summed E-state index contributed by atoms with van der Waals surface area (Å²) in [4.78, 5) is 47.3. The van der Waals surface area contributed by atoms with E-state index in [4.69, 9.17) is 14.5 Å². The Hall–Kier alpha value is -3.63. The summed E-state index contributed by atoms with van der Waals surface area (Å²) < 4.78 is 11.4. The van der Waals surface area contributed by atoms with Gasteiger partial charge in [0.2, 0.25) is 0 Å². The number of ether oxygens (including phenoxy) is 2. The maximum absolute atomic E-state index is 13.4. The van der Waals surface area contributed by atoms with Crippen molar-refractivity contribution < 1.29 is 28.6 Å². The van der Waals surface area contributed by atoms with Crippen molar-refractivity contribution in [2.75, 3.05) is 39.4 Å². The summed E-state index contributed by atoms with van der Waals surface area (Å²) in [5.41, 5.74) is 1.19. The molecule has 0 saturated carbocycles. The van der Waals surface area contributed by atoms with E-state index in [0.717, 1.165) is 12.8 Å². The number of amides is 2. The summed E-state index contributed by atoms with van der Waals surface area (Å²) in [6.07, 6.45) is 4.17. The second kappa shape index (κ2) is 11.0. The van der Waals surface area contributed by atoms with E-state index in [2.05, 4.69) is 5.32 Å². The summed E-state index contributed by atoms with van der Waals surface area (Å²) in [5.74, 6) is -2.30. The first-order chi connectivity index (χ1) is 17.3. The third kappa shape index (κ3) is 5.00. The normalized spacial score (nSPS) is 22.9. The number of aromatic nitrogens is 1. The Kier molecular flexibility index (Phi) is 7.76. The van der Waals surface area contributed by atoms with Crippen molar-refractivity contribution in [1.29, 1.82) is 0 Å². The molecule has 0 aliphatic carbocycles. The number of hydrogen-bond acceptors (Lipinski definition) is 8. The van der Waals surface area contributed by atoms with Gasteiger partial charge in [-0.05, 0) is 39.7 Å². The highest BCUT2D eigenvalue weighted by molar-refractivity contribution is 6.07. The van der Waals surface area contributed by atoms with Gasteiger partial charge in [0.25, 0.3) is 0 Å². The minimum Gasteiger partial charge on any atom is -0.619 e. The second-order valence-electron chi connectivity index (χ2n) is 9.04. The standard InChI is InChI=1S/C25H33N5O6/c1-4-35-23(31)19-16(3)27-22(28-12-8-18(9-13-28)30-14-10-26-25(30)33)21(24(32)36-5-2)20(19)17-7-6-11-29(34)15-17/h6-7,11,15,18,20-21H,4-5,8-10,12-14H2,1-3H3,(H,26,33). The van der Waals surface area contributed by atoms with E-state index >= 15 is 0 Å². The van der Waals surface area contributed by atoms with Crippen LogP contribution < -0.4 is 10.0 Å². The van der Waals surface area contributed by atoms with E-state index in [1.54, 1.807) is 32.9 Å². The smallest absolute Gasteiger partial charge is 0.336 e. The van der Waals surface area contributed by atoms with Gasteiger partial charge in [0, 0.05) is 49.8 Å². The van der Waals surface area contributed by atoms with Crippen LogP contribution in [0.2, 0.25) is 0 Å². The number of pyridine rings is 1. The summed E-state index contributed by atoms with van der Waals surface area (Å²) >= 11 is 0. The molecular formula is C25H33N5O6. The maximum atomic E-state index is 13.4. The molecule has 194 valence electrons. The lowest BCUT2D eigenvalue weighted by molar-refractivity contribution is -0.605. The average molecular weight is 500 g/mol. The van der Waals surface area contributed by atoms with E-state index in [0.29, 0.717) is 48.0 Å². The van der Waals surface area contributed by atoms with Crippen molar-refractivity contribution in [1.82, 2.24) is 15.1 Å². The van der Waals surface area contributed by atoms with Crippen LogP contribution >= 0.6 is 0 Å². The number of aliphatic imine (C=N–C) groups is 1. The first kappa shape index (κ1) is 25.5. The number of allylic oxidation sites excluding steroid dienone is 1. The molecule has 0 bridgehead atoms. The number of likely N-dealkylation sites (tertiary alicyclic amines) is 1. The van der Waals surface area contributed by atoms with Crippen LogP contribution in [0.25, 0.3) is 0 Å². The first-order valence-corrected chi connectivity index (χ1v) is 12.5. The van der Waals surface area contributed by atoms with Gasteiger partial charge in [-0.3, -0.25) is 4.79 Å². The molecule has 0 spiro atoms. The summed E-state index contributed by atoms with van der Waals surface area (Å²) in [6.45, 7) is 8.00. The fourth-order valence-electron chi connectivity index (χ4n) is 5.32. The van der Waals surface area contributed by atoms with Crippen LogP contribution in [0.15, 0.2) is 40.8 Å². The molecule has 1 aromatic rings. The summed E-state index contributed by atoms with van der Waals surface area (Å²) in [6, 6.07) is 3.38. The Balaban J connectivity index is 1.72. The number of piperidine rings is 1. The molecule has 11 nitrogen and oxygen atoms in total. The van der Waals surface area contributed by atoms with E-state index in [-0.39, 0.29) is 30.9 Å². The van der Waals surface area contributed by atoms with Gasteiger partial charge >= 0.3 is 18.0 Å². The van der Waals surface area contributed by atoms with Gasteiger partial charge in [-0.2, -0.15) is 4.73 Å². The molecule has 0 radical (unpaired) electrons. The van der Waals surface area contributed by atoms with Gasteiger partial charge in [0.15, 0.2) is 12.4 Å². The minimum absolute atomic E-state index is 0.0410. The Morgan fingerprint density at radius 3 is 2.53 bits per heavy atom. The van der Waals surface area contributed by atoms with Crippen LogP contribution in [0.3, 0.4) is 0 Å². The van der Waals surface area contributed by atoms with E-state index < -0.39 is 23.8 Å². The largest absolute Gasteiger partial charge is 0.619 e. The third-order valence-corrected chi connectivity index (χ3v) is 6.91. The monoisotopic (exact) mass is 499 g/mol. The van der Waals surface area contributed by atoms with Gasteiger partial charge < -0.3 is 29.8 Å². The van der Waals surface area contributed by atoms with Crippen molar-refractivity contribution in [3.63, 3.8) is 0 Å². The molecule has 0 aromatic carbocycles. The van der Waals surface area contributed by atoms with Crippen LogP contribution in [0.4, 0.5) is 4.79 Å². The highest BCUT2D eigenvalue weighted by Gasteiger charge is 2.47. The van der Waals surface area contributed by atoms with Gasteiger partial charge in [-0.15, -0.1) is 0 Å². The minimum atomic E-state index is -0.929. The topological polar surface area (TPSA) is 127 Å². The summed E-state index contributed by atoms with van der Waals surface area (Å²) in [7, 11) is 0. The van der Waals surface area contributed by atoms with E-state index in [1.807, 2.05) is 9.80 Å². The van der Waals surface area contributed by atoms with Crippen LogP contribution in [-0.4, -0.2) is 79.0 Å². The molecule has 2 atom stereocenters. The maximum Gasteiger partial charge on any atom is 0.336 e. The lowest BCUT2D eigenvalue weighted by Gasteiger charge is -2.41. The van der Waals surface area contributed by atoms with Crippen LogP contribution in [0.1, 0.15) is 45.1 Å². The predicted octanol–water partition coefficient (Wildman–Crippen LogP) is 1.32. The number of esters is 2. The molecule has 4 heterocycles. The molecular weight excluding hydrogens is 466 g/mol. The third-order valence-electron chi connectivity index (χ3n) is 6.91. The SMILES string of the molecule is CCOC(=O)C1=C(C)N=C(N2CCC(N3CCNC3=O)CC2)C(C(=O)OCC)C1c1ccc[n+]([O-])c1. The van der Waals surface area contributed by atoms with Gasteiger partial charge in [0.1, 0.15) is 11.8 Å². The molecule has 36 heavy (non-hydrogen) atoms. The van der Waals surface area contributed by atoms with Gasteiger partial charge in [0.05, 0.1) is 24.5 Å². The molecule has 4 rings (SSSR count). The number of amidine groups is 1. The van der Waals surface area contributed by atoms with Gasteiger partial charge in [-0.25, -0.2) is 14.6 Å². The highest BCUT2D eigenvalue weighted by atomic mass is 16.5. The van der Waals surface area contributed by atoms with E-state index in [9.17, 15) is 19.6 Å². The highest BCUT2D eigenvalue weighted by Crippen LogP contribution is 2.41. The zero-order chi connectivity index (χ0) is 25.8. The lowest BCUT2D eigenvalue weighted by Crippen LogP contribution is -2.52. The van der Waals surface area contributed by atoms with Crippen LogP contribution in [0.5, 0.6) is 0 Å². The Morgan fingerprint density at radius 2 is 1.92 bits per heavy atom. The fourth-order valence-corrected chi connectivity index (χ4v) is 5.32. The molecule has 2 amide bonds. The molecule has 1 N–H and O–H groups in total. The second-order valence-corrected chi connectivity index (χ2v) is 9.04. The number of urea groups is 1. The van der Waals surface area contributed by atoms with Crippen molar-refractivity contribution in [3.05, 3.63) is 46.6 Å². The molecule has 2 fully saturated rings. The van der Waals surface area contributed by atoms with Crippen LogP contribution in [0, 0.1) is 11.1 Å². The number of rotatable bonds is 6. The fraction of sp³-hybridized carbons (Fsp3) is 0.560. The van der Waals surface area contributed by atoms with Crippen molar-refractivity contribution in [3.8, 4) is 0 Å². The number of nitrogens with zero attached hydrogens (tertiary/aromatic N) is 4. The Morgan fingerprint density at radius 1 is 1.19 bits per heavy atom. The molecule has 2 saturated heterocycles. The zero-order valence-electron chi connectivity index (χ0n) is 20.9. The Bertz CT molecular complexity index is 1080. The van der Waals surface area contributed by atoms with Crippen LogP contribution in [-0.2, 0) is 19.1 Å². The van der Waals surface area contributed by atoms with E-state index in [1.165, 1.54) is 12.4 Å².